The maximum absolute atomic E-state index is 12.2. The van der Waals surface area contributed by atoms with Gasteiger partial charge in [0.05, 0.1) is 12.1 Å². The SMILES string of the molecule is CC(C)(O)CN1CCN(CC(=O)N2CCC(=O)CC2)CC1. The number of nitrogens with zero attached hydrogens (tertiary/aromatic N) is 3. The van der Waals surface area contributed by atoms with Crippen LogP contribution in [-0.4, -0.2) is 89.5 Å². The number of carbonyl (C=O) groups excluding carboxylic acids is 2. The third-order valence-corrected chi connectivity index (χ3v) is 4.11. The van der Waals surface area contributed by atoms with Gasteiger partial charge in [0.2, 0.25) is 5.91 Å². The molecule has 0 saturated carbocycles. The van der Waals surface area contributed by atoms with Gasteiger partial charge in [-0.05, 0) is 13.8 Å². The van der Waals surface area contributed by atoms with Gasteiger partial charge in [0, 0.05) is 58.7 Å². The van der Waals surface area contributed by atoms with Crippen LogP contribution in [0.1, 0.15) is 26.7 Å². The van der Waals surface area contributed by atoms with Gasteiger partial charge in [0.1, 0.15) is 5.78 Å². The summed E-state index contributed by atoms with van der Waals surface area (Å²) in [5, 5.41) is 9.83. The first-order valence-corrected chi connectivity index (χ1v) is 7.80. The number of piperidine rings is 1. The molecule has 1 N–H and O–H groups in total. The van der Waals surface area contributed by atoms with Gasteiger partial charge < -0.3 is 10.0 Å². The van der Waals surface area contributed by atoms with E-state index in [-0.39, 0.29) is 11.7 Å². The van der Waals surface area contributed by atoms with Gasteiger partial charge in [0.25, 0.3) is 0 Å². The lowest BCUT2D eigenvalue weighted by Gasteiger charge is -2.38. The monoisotopic (exact) mass is 297 g/mol. The Kier molecular flexibility index (Phi) is 5.35. The lowest BCUT2D eigenvalue weighted by molar-refractivity contribution is -0.136. The minimum Gasteiger partial charge on any atom is -0.389 e. The first-order chi connectivity index (χ1) is 9.83. The first-order valence-electron chi connectivity index (χ1n) is 7.80. The van der Waals surface area contributed by atoms with Crippen molar-refractivity contribution < 1.29 is 14.7 Å². The molecule has 0 aliphatic carbocycles. The van der Waals surface area contributed by atoms with E-state index in [1.807, 2.05) is 18.7 Å². The largest absolute Gasteiger partial charge is 0.389 e. The number of hydrogen-bond acceptors (Lipinski definition) is 5. The normalized spacial score (nSPS) is 22.6. The Balaban J connectivity index is 1.71. The lowest BCUT2D eigenvalue weighted by Crippen LogP contribution is -2.53. The molecule has 2 aliphatic heterocycles. The quantitative estimate of drug-likeness (QED) is 0.763. The number of aliphatic hydroxyl groups is 1. The number of hydrogen-bond donors (Lipinski definition) is 1. The summed E-state index contributed by atoms with van der Waals surface area (Å²) >= 11 is 0. The van der Waals surface area contributed by atoms with Crippen molar-refractivity contribution >= 4 is 11.7 Å². The average Bonchev–Trinajstić information content (AvgIpc) is 2.40. The molecule has 2 fully saturated rings. The van der Waals surface area contributed by atoms with Crippen LogP contribution in [0.5, 0.6) is 0 Å². The van der Waals surface area contributed by atoms with Crippen LogP contribution in [-0.2, 0) is 9.59 Å². The molecule has 0 aromatic heterocycles. The van der Waals surface area contributed by atoms with Crippen LogP contribution < -0.4 is 0 Å². The van der Waals surface area contributed by atoms with E-state index in [9.17, 15) is 14.7 Å². The van der Waals surface area contributed by atoms with Crippen LogP contribution in [0.25, 0.3) is 0 Å². The molecule has 0 aromatic carbocycles. The van der Waals surface area contributed by atoms with Crippen molar-refractivity contribution in [2.24, 2.45) is 0 Å². The first kappa shape index (κ1) is 16.4. The highest BCUT2D eigenvalue weighted by Gasteiger charge is 2.26. The van der Waals surface area contributed by atoms with Crippen LogP contribution in [0, 0.1) is 0 Å². The highest BCUT2D eigenvalue weighted by atomic mass is 16.3. The minimum absolute atomic E-state index is 0.137. The van der Waals surface area contributed by atoms with E-state index in [1.165, 1.54) is 0 Å². The van der Waals surface area contributed by atoms with Gasteiger partial charge in [-0.3, -0.25) is 19.4 Å². The number of Topliss-reactive ketones (excluding diaryl/α,β-unsaturated/α-hetero) is 1. The summed E-state index contributed by atoms with van der Waals surface area (Å²) in [6.45, 7) is 9.40. The molecule has 1 amide bonds. The Hall–Kier alpha value is -0.980. The van der Waals surface area contributed by atoms with Gasteiger partial charge in [-0.15, -0.1) is 0 Å². The summed E-state index contributed by atoms with van der Waals surface area (Å²) in [4.78, 5) is 29.6. The number of amides is 1. The third-order valence-electron chi connectivity index (χ3n) is 4.11. The highest BCUT2D eigenvalue weighted by Crippen LogP contribution is 2.10. The maximum atomic E-state index is 12.2. The molecular formula is C15H27N3O3. The number of piperazine rings is 1. The van der Waals surface area contributed by atoms with Crippen LogP contribution in [0.2, 0.25) is 0 Å². The molecule has 0 bridgehead atoms. The Labute approximate surface area is 126 Å². The van der Waals surface area contributed by atoms with E-state index in [0.717, 1.165) is 26.2 Å². The second kappa shape index (κ2) is 6.85. The molecular weight excluding hydrogens is 270 g/mol. The van der Waals surface area contributed by atoms with Crippen LogP contribution >= 0.6 is 0 Å². The molecule has 0 unspecified atom stereocenters. The molecule has 2 heterocycles. The molecule has 6 heteroatoms. The summed E-state index contributed by atoms with van der Waals surface area (Å²) in [6.07, 6.45) is 1.01. The van der Waals surface area contributed by atoms with Crippen molar-refractivity contribution in [2.45, 2.75) is 32.3 Å². The predicted octanol–water partition coefficient (Wildman–Crippen LogP) is -0.434. The zero-order valence-corrected chi connectivity index (χ0v) is 13.2. The topological polar surface area (TPSA) is 64.1 Å². The molecule has 0 radical (unpaired) electrons. The molecule has 0 aromatic rings. The third kappa shape index (κ3) is 5.37. The van der Waals surface area contributed by atoms with Crippen molar-refractivity contribution in [1.29, 1.82) is 0 Å². The summed E-state index contributed by atoms with van der Waals surface area (Å²) < 4.78 is 0. The van der Waals surface area contributed by atoms with Gasteiger partial charge in [0.15, 0.2) is 0 Å². The fourth-order valence-corrected chi connectivity index (χ4v) is 2.95. The maximum Gasteiger partial charge on any atom is 0.236 e. The van der Waals surface area contributed by atoms with Gasteiger partial charge >= 0.3 is 0 Å². The number of rotatable bonds is 4. The molecule has 21 heavy (non-hydrogen) atoms. The van der Waals surface area contributed by atoms with Crippen molar-refractivity contribution in [1.82, 2.24) is 14.7 Å². The number of carbonyl (C=O) groups is 2. The summed E-state index contributed by atoms with van der Waals surface area (Å²) in [5.41, 5.74) is -0.668. The number of ketones is 1. The second-order valence-corrected chi connectivity index (χ2v) is 6.78. The lowest BCUT2D eigenvalue weighted by atomic mass is 10.1. The van der Waals surface area contributed by atoms with E-state index in [2.05, 4.69) is 9.80 Å². The van der Waals surface area contributed by atoms with Crippen molar-refractivity contribution in [3.63, 3.8) is 0 Å². The van der Waals surface area contributed by atoms with Crippen molar-refractivity contribution in [3.8, 4) is 0 Å². The Morgan fingerprint density at radius 2 is 1.57 bits per heavy atom. The molecule has 120 valence electrons. The Morgan fingerprint density at radius 1 is 1.05 bits per heavy atom. The summed E-state index contributed by atoms with van der Waals surface area (Å²) in [5.74, 6) is 0.401. The highest BCUT2D eigenvalue weighted by molar-refractivity contribution is 5.84. The molecule has 2 aliphatic rings. The van der Waals surface area contributed by atoms with E-state index in [4.69, 9.17) is 0 Å². The smallest absolute Gasteiger partial charge is 0.236 e. The molecule has 6 nitrogen and oxygen atoms in total. The Bertz CT molecular complexity index is 374. The van der Waals surface area contributed by atoms with Crippen LogP contribution in [0.4, 0.5) is 0 Å². The van der Waals surface area contributed by atoms with Crippen LogP contribution in [0.3, 0.4) is 0 Å². The zero-order chi connectivity index (χ0) is 15.5. The predicted molar refractivity (Wildman–Crippen MR) is 80.0 cm³/mol. The van der Waals surface area contributed by atoms with E-state index in [0.29, 0.717) is 39.0 Å². The zero-order valence-electron chi connectivity index (χ0n) is 13.2. The number of β-amino-alcohol motifs (C(OH)–C–C–N with tert-alkyl or cyclic N) is 1. The van der Waals surface area contributed by atoms with Gasteiger partial charge in [-0.2, -0.15) is 0 Å². The van der Waals surface area contributed by atoms with Crippen molar-refractivity contribution in [3.05, 3.63) is 0 Å². The van der Waals surface area contributed by atoms with E-state index in [1.54, 1.807) is 0 Å². The fraction of sp³-hybridized carbons (Fsp3) is 0.867. The fourth-order valence-electron chi connectivity index (χ4n) is 2.95. The minimum atomic E-state index is -0.668. The van der Waals surface area contributed by atoms with Crippen LogP contribution in [0.15, 0.2) is 0 Å². The second-order valence-electron chi connectivity index (χ2n) is 6.78. The van der Waals surface area contributed by atoms with Gasteiger partial charge in [-0.1, -0.05) is 0 Å². The van der Waals surface area contributed by atoms with Crippen molar-refractivity contribution in [2.75, 3.05) is 52.4 Å². The molecule has 0 spiro atoms. The Morgan fingerprint density at radius 3 is 2.10 bits per heavy atom. The molecule has 2 rings (SSSR count). The van der Waals surface area contributed by atoms with E-state index < -0.39 is 5.60 Å². The average molecular weight is 297 g/mol. The standard InChI is InChI=1S/C15H27N3O3/c1-15(2,21)12-17-9-7-16(8-10-17)11-14(20)18-5-3-13(19)4-6-18/h21H,3-12H2,1-2H3. The van der Waals surface area contributed by atoms with E-state index >= 15 is 0 Å². The molecule has 0 atom stereocenters. The number of likely N-dealkylation sites (tertiary alicyclic amines) is 1. The summed E-state index contributed by atoms with van der Waals surface area (Å²) in [7, 11) is 0. The summed E-state index contributed by atoms with van der Waals surface area (Å²) in [6, 6.07) is 0. The van der Waals surface area contributed by atoms with Gasteiger partial charge in [-0.25, -0.2) is 0 Å². The molecule has 2 saturated heterocycles.